The Balaban J connectivity index is 1.83. The van der Waals surface area contributed by atoms with Crippen LogP contribution in [0.4, 0.5) is 13.2 Å². The number of halogens is 3. The summed E-state index contributed by atoms with van der Waals surface area (Å²) in [6.07, 6.45) is -1.64. The number of ether oxygens (including phenoxy) is 1. The lowest BCUT2D eigenvalue weighted by Crippen LogP contribution is -2.35. The van der Waals surface area contributed by atoms with Crippen LogP contribution in [0.3, 0.4) is 0 Å². The van der Waals surface area contributed by atoms with Gasteiger partial charge < -0.3 is 14.5 Å². The maximum atomic E-state index is 12.5. The molecule has 0 spiro atoms. The third-order valence-corrected chi connectivity index (χ3v) is 3.33. The third-order valence-electron chi connectivity index (χ3n) is 3.33. The van der Waals surface area contributed by atoms with E-state index in [0.717, 1.165) is 18.2 Å². The number of hydrogen-bond acceptors (Lipinski definition) is 4. The van der Waals surface area contributed by atoms with Gasteiger partial charge >= 0.3 is 12.1 Å². The van der Waals surface area contributed by atoms with Gasteiger partial charge in [-0.05, 0) is 42.8 Å². The number of furan rings is 1. The lowest BCUT2D eigenvalue weighted by Gasteiger charge is -2.11. The van der Waals surface area contributed by atoms with Gasteiger partial charge in [0.25, 0.3) is 5.91 Å². The zero-order valence-electron chi connectivity index (χ0n) is 13.7. The highest BCUT2D eigenvalue weighted by atomic mass is 19.4. The Labute approximate surface area is 147 Å². The summed E-state index contributed by atoms with van der Waals surface area (Å²) >= 11 is 0. The zero-order chi connectivity index (χ0) is 19.2. The van der Waals surface area contributed by atoms with E-state index in [1.54, 1.807) is 12.1 Å². The van der Waals surface area contributed by atoms with Crippen LogP contribution < -0.4 is 5.32 Å². The molecule has 1 N–H and O–H groups in total. The van der Waals surface area contributed by atoms with Crippen molar-refractivity contribution in [1.82, 2.24) is 5.32 Å². The van der Waals surface area contributed by atoms with Crippen molar-refractivity contribution < 1.29 is 31.9 Å². The largest absolute Gasteiger partial charge is 0.467 e. The van der Waals surface area contributed by atoms with Crippen LogP contribution in [-0.4, -0.2) is 18.0 Å². The fourth-order valence-electron chi connectivity index (χ4n) is 1.95. The number of amides is 1. The van der Waals surface area contributed by atoms with Crippen LogP contribution in [0, 0.1) is 0 Å². The highest BCUT2D eigenvalue weighted by Crippen LogP contribution is 2.29. The first kappa shape index (κ1) is 19.3. The van der Waals surface area contributed by atoms with E-state index in [0.29, 0.717) is 11.3 Å². The minimum Gasteiger partial charge on any atom is -0.467 e. The molecule has 138 valence electrons. The maximum Gasteiger partial charge on any atom is 0.416 e. The highest BCUT2D eigenvalue weighted by Gasteiger charge is 2.29. The maximum absolute atomic E-state index is 12.5. The van der Waals surface area contributed by atoms with Crippen molar-refractivity contribution in [2.75, 3.05) is 0 Å². The predicted octanol–water partition coefficient (Wildman–Crippen LogP) is 3.56. The van der Waals surface area contributed by atoms with Crippen molar-refractivity contribution in [2.45, 2.75) is 25.7 Å². The Kier molecular flexibility index (Phi) is 6.21. The van der Waals surface area contributed by atoms with Gasteiger partial charge in [-0.3, -0.25) is 4.79 Å². The molecule has 0 aliphatic rings. The standard InChI is InChI=1S/C18H16F3NO4/c1-12(17(24)22-11-15-3-2-10-25-15)26-16(23)9-6-13-4-7-14(8-5-13)18(19,20)21/h2-10,12H,11H2,1H3,(H,22,24)/b9-6+. The third kappa shape index (κ3) is 5.80. The van der Waals surface area contributed by atoms with Gasteiger partial charge in [0, 0.05) is 6.08 Å². The van der Waals surface area contributed by atoms with E-state index in [-0.39, 0.29) is 6.54 Å². The molecule has 0 fully saturated rings. The summed E-state index contributed by atoms with van der Waals surface area (Å²) in [4.78, 5) is 23.5. The van der Waals surface area contributed by atoms with Crippen molar-refractivity contribution >= 4 is 18.0 Å². The van der Waals surface area contributed by atoms with E-state index in [1.165, 1.54) is 31.4 Å². The Morgan fingerprint density at radius 1 is 1.23 bits per heavy atom. The van der Waals surface area contributed by atoms with Crippen LogP contribution in [0.1, 0.15) is 23.8 Å². The van der Waals surface area contributed by atoms with E-state index < -0.39 is 29.7 Å². The average molecular weight is 367 g/mol. The van der Waals surface area contributed by atoms with E-state index in [4.69, 9.17) is 9.15 Å². The number of carbonyl (C=O) groups is 2. The summed E-state index contributed by atoms with van der Waals surface area (Å²) in [6, 6.07) is 7.64. The zero-order valence-corrected chi connectivity index (χ0v) is 13.7. The van der Waals surface area contributed by atoms with Crippen molar-refractivity contribution in [2.24, 2.45) is 0 Å². The van der Waals surface area contributed by atoms with Gasteiger partial charge in [-0.25, -0.2) is 4.79 Å². The number of benzene rings is 1. The summed E-state index contributed by atoms with van der Waals surface area (Å²) in [6.45, 7) is 1.57. The Bertz CT molecular complexity index is 765. The first-order valence-electron chi connectivity index (χ1n) is 7.62. The molecular formula is C18H16F3NO4. The van der Waals surface area contributed by atoms with E-state index >= 15 is 0 Å². The Morgan fingerprint density at radius 2 is 1.92 bits per heavy atom. The van der Waals surface area contributed by atoms with E-state index in [2.05, 4.69) is 5.32 Å². The van der Waals surface area contributed by atoms with Crippen molar-refractivity contribution in [3.8, 4) is 0 Å². The van der Waals surface area contributed by atoms with Gasteiger partial charge in [-0.2, -0.15) is 13.2 Å². The molecule has 0 aliphatic heterocycles. The summed E-state index contributed by atoms with van der Waals surface area (Å²) in [5.74, 6) is -0.734. The van der Waals surface area contributed by atoms with Gasteiger partial charge in [-0.1, -0.05) is 12.1 Å². The molecule has 0 bridgehead atoms. The monoisotopic (exact) mass is 367 g/mol. The van der Waals surface area contributed by atoms with Crippen molar-refractivity contribution in [1.29, 1.82) is 0 Å². The second-order valence-electron chi connectivity index (χ2n) is 5.33. The molecule has 8 heteroatoms. The van der Waals surface area contributed by atoms with Crippen LogP contribution in [0.5, 0.6) is 0 Å². The number of rotatable bonds is 6. The number of esters is 1. The van der Waals surface area contributed by atoms with Crippen molar-refractivity contribution in [3.05, 3.63) is 65.6 Å². The molecule has 0 saturated heterocycles. The smallest absolute Gasteiger partial charge is 0.416 e. The van der Waals surface area contributed by atoms with Gasteiger partial charge in [-0.15, -0.1) is 0 Å². The number of alkyl halides is 3. The first-order valence-corrected chi connectivity index (χ1v) is 7.62. The van der Waals surface area contributed by atoms with Gasteiger partial charge in [0.15, 0.2) is 6.10 Å². The summed E-state index contributed by atoms with van der Waals surface area (Å²) in [7, 11) is 0. The first-order chi connectivity index (χ1) is 12.3. The summed E-state index contributed by atoms with van der Waals surface area (Å²) in [5, 5.41) is 2.54. The molecule has 2 aromatic rings. The van der Waals surface area contributed by atoms with Gasteiger partial charge in [0.1, 0.15) is 5.76 Å². The van der Waals surface area contributed by atoms with E-state index in [1.807, 2.05) is 0 Å². The molecule has 2 rings (SSSR count). The second kappa shape index (κ2) is 8.37. The molecule has 1 amide bonds. The van der Waals surface area contributed by atoms with E-state index in [9.17, 15) is 22.8 Å². The molecule has 1 heterocycles. The highest BCUT2D eigenvalue weighted by molar-refractivity contribution is 5.90. The molecule has 0 saturated carbocycles. The minimum atomic E-state index is -4.42. The molecule has 1 aromatic heterocycles. The number of hydrogen-bond donors (Lipinski definition) is 1. The lowest BCUT2D eigenvalue weighted by molar-refractivity contribution is -0.150. The summed E-state index contributed by atoms with van der Waals surface area (Å²) in [5.41, 5.74) is -0.385. The van der Waals surface area contributed by atoms with Crippen LogP contribution in [0.15, 0.2) is 53.2 Å². The van der Waals surface area contributed by atoms with Gasteiger partial charge in [0.05, 0.1) is 18.4 Å². The fourth-order valence-corrected chi connectivity index (χ4v) is 1.95. The molecular weight excluding hydrogens is 351 g/mol. The quantitative estimate of drug-likeness (QED) is 0.626. The molecule has 5 nitrogen and oxygen atoms in total. The SMILES string of the molecule is CC(OC(=O)/C=C/c1ccc(C(F)(F)F)cc1)C(=O)NCc1ccco1. The van der Waals surface area contributed by atoms with Crippen LogP contribution in [-0.2, 0) is 27.0 Å². The second-order valence-corrected chi connectivity index (χ2v) is 5.33. The molecule has 1 atom stereocenters. The number of nitrogens with one attached hydrogen (secondary N) is 1. The Hall–Kier alpha value is -3.03. The molecule has 0 aliphatic carbocycles. The average Bonchev–Trinajstić information content (AvgIpc) is 3.11. The molecule has 0 radical (unpaired) electrons. The topological polar surface area (TPSA) is 68.5 Å². The minimum absolute atomic E-state index is 0.162. The fraction of sp³-hybridized carbons (Fsp3) is 0.222. The van der Waals surface area contributed by atoms with Crippen LogP contribution in [0.25, 0.3) is 6.08 Å². The normalized spacial score (nSPS) is 12.8. The van der Waals surface area contributed by atoms with Crippen molar-refractivity contribution in [3.63, 3.8) is 0 Å². The predicted molar refractivity (Wildman–Crippen MR) is 86.6 cm³/mol. The molecule has 1 unspecified atom stereocenters. The summed E-state index contributed by atoms with van der Waals surface area (Å²) < 4.78 is 47.4. The van der Waals surface area contributed by atoms with Crippen LogP contribution >= 0.6 is 0 Å². The number of carbonyl (C=O) groups excluding carboxylic acids is 2. The van der Waals surface area contributed by atoms with Crippen LogP contribution in [0.2, 0.25) is 0 Å². The Morgan fingerprint density at radius 3 is 2.50 bits per heavy atom. The van der Waals surface area contributed by atoms with Gasteiger partial charge in [0.2, 0.25) is 0 Å². The molecule has 26 heavy (non-hydrogen) atoms. The lowest BCUT2D eigenvalue weighted by atomic mass is 10.1. The molecule has 1 aromatic carbocycles.